The molecule has 2 bridgehead atoms. The molecule has 3 aliphatic heterocycles. The highest BCUT2D eigenvalue weighted by atomic mass is 16.8. The summed E-state index contributed by atoms with van der Waals surface area (Å²) >= 11 is 0. The molecule has 4 aromatic rings. The van der Waals surface area contributed by atoms with Crippen LogP contribution in [0, 0.1) is 23.0 Å². The summed E-state index contributed by atoms with van der Waals surface area (Å²) in [5, 5.41) is 23.9. The summed E-state index contributed by atoms with van der Waals surface area (Å²) in [5.41, 5.74) is 4.89. The van der Waals surface area contributed by atoms with Gasteiger partial charge in [-0.25, -0.2) is 10.2 Å². The van der Waals surface area contributed by atoms with Gasteiger partial charge in [-0.3, -0.25) is 9.59 Å². The lowest BCUT2D eigenvalue weighted by Crippen LogP contribution is -2.99. The zero-order valence-corrected chi connectivity index (χ0v) is 23.1. The number of piperidine rings is 1. The average Bonchev–Trinajstić information content (AvgIpc) is 3.39. The van der Waals surface area contributed by atoms with Crippen LogP contribution in [-0.4, -0.2) is 38.2 Å². The van der Waals surface area contributed by atoms with E-state index in [1.807, 2.05) is 47.0 Å². The number of benzene rings is 2. The third-order valence-electron chi connectivity index (χ3n) is 9.26. The normalized spacial score (nSPS) is 24.4. The number of para-hydroxylation sites is 2. The molecule has 0 spiro atoms. The van der Waals surface area contributed by atoms with E-state index in [1.54, 1.807) is 18.2 Å². The van der Waals surface area contributed by atoms with Crippen LogP contribution in [0.1, 0.15) is 49.3 Å². The first kappa shape index (κ1) is 25.9. The van der Waals surface area contributed by atoms with Crippen LogP contribution in [-0.2, 0) is 17.8 Å². The minimum atomic E-state index is -0.982. The van der Waals surface area contributed by atoms with Gasteiger partial charge >= 0.3 is 0 Å². The summed E-state index contributed by atoms with van der Waals surface area (Å²) < 4.78 is 1.89. The summed E-state index contributed by atoms with van der Waals surface area (Å²) in [6.07, 6.45) is 1.35. The van der Waals surface area contributed by atoms with E-state index in [0.29, 0.717) is 19.5 Å². The van der Waals surface area contributed by atoms with Crippen molar-refractivity contribution in [2.75, 3.05) is 11.4 Å². The van der Waals surface area contributed by atoms with E-state index in [1.165, 1.54) is 0 Å². The first-order valence-electron chi connectivity index (χ1n) is 14.4. The number of H-pyrrole nitrogens is 1. The molecule has 212 valence electrons. The van der Waals surface area contributed by atoms with Gasteiger partial charge in [0.1, 0.15) is 5.82 Å². The molecular weight excluding hydrogens is 520 g/mol. The van der Waals surface area contributed by atoms with Gasteiger partial charge in [-0.1, -0.05) is 32.0 Å². The number of nitrogens with zero attached hydrogens (tertiary/aromatic N) is 3. The number of rotatable bonds is 5. The van der Waals surface area contributed by atoms with Crippen LogP contribution in [0.25, 0.3) is 11.0 Å². The maximum absolute atomic E-state index is 14.3. The molecule has 0 saturated carbocycles. The standard InChI is InChI=1S/C31H34N6O4/c1-17(2)28(30-32-23-6-3-4-7-24(23)33-30)34-31(39)22-14-18-13-21(37(40)41)10-11-26(18)36-15-19-12-20(29(22)36)16-35-25(19)8-5-9-27(35)38/h3-11,13,17,19-20,22,28-29,37,40H,12,14-16H2,1-2H3,(H,32,33)(H,34,39). The fourth-order valence-electron chi connectivity index (χ4n) is 7.42. The molecular formula is C31H34N6O4. The van der Waals surface area contributed by atoms with Crippen molar-refractivity contribution in [3.8, 4) is 0 Å². The SMILES string of the molecule is CC(C)C(NC(=O)C1Cc2cc([NH+]([O-])O)ccc2N2CC3CC(Cn4c3cccc4=O)C12)c1nc2ccccc2[nH]1. The number of amides is 1. The topological polar surface area (TPSA) is 131 Å². The number of hydrogen-bond acceptors (Lipinski definition) is 6. The number of anilines is 1. The molecule has 10 nitrogen and oxygen atoms in total. The highest BCUT2D eigenvalue weighted by Gasteiger charge is 2.49. The van der Waals surface area contributed by atoms with Gasteiger partial charge in [0.25, 0.3) is 5.56 Å². The smallest absolute Gasteiger partial charge is 0.250 e. The Labute approximate surface area is 237 Å². The van der Waals surface area contributed by atoms with Gasteiger partial charge in [-0.05, 0) is 54.5 Å². The number of quaternary nitrogens is 1. The first-order valence-corrected chi connectivity index (χ1v) is 14.4. The number of pyridine rings is 1. The fourth-order valence-corrected chi connectivity index (χ4v) is 7.42. The van der Waals surface area contributed by atoms with Crippen molar-refractivity contribution in [2.24, 2.45) is 17.8 Å². The molecule has 5 heterocycles. The van der Waals surface area contributed by atoms with Crippen molar-refractivity contribution in [1.29, 1.82) is 0 Å². The van der Waals surface area contributed by atoms with Gasteiger partial charge in [-0.2, -0.15) is 5.23 Å². The van der Waals surface area contributed by atoms with E-state index < -0.39 is 11.1 Å². The van der Waals surface area contributed by atoms with Crippen molar-refractivity contribution in [2.45, 2.75) is 51.2 Å². The molecule has 7 rings (SSSR count). The third-order valence-corrected chi connectivity index (χ3v) is 9.26. The summed E-state index contributed by atoms with van der Waals surface area (Å²) in [5.74, 6) is 0.581. The molecule has 1 fully saturated rings. The van der Waals surface area contributed by atoms with Gasteiger partial charge in [0.05, 0.1) is 23.0 Å². The molecule has 2 aromatic carbocycles. The second kappa shape index (κ2) is 9.83. The Kier molecular flexibility index (Phi) is 6.22. The highest BCUT2D eigenvalue weighted by Crippen LogP contribution is 2.47. The Hall–Kier alpha value is -3.99. The van der Waals surface area contributed by atoms with Crippen LogP contribution >= 0.6 is 0 Å². The summed E-state index contributed by atoms with van der Waals surface area (Å²) in [6, 6.07) is 18.1. The van der Waals surface area contributed by atoms with E-state index >= 15 is 0 Å². The number of hydrogen-bond donors (Lipinski definition) is 4. The number of carbonyl (C=O) groups excluding carboxylic acids is 1. The van der Waals surface area contributed by atoms with Gasteiger partial charge in [-0.15, -0.1) is 0 Å². The van der Waals surface area contributed by atoms with E-state index in [4.69, 9.17) is 4.98 Å². The van der Waals surface area contributed by atoms with Crippen LogP contribution in [0.5, 0.6) is 0 Å². The monoisotopic (exact) mass is 554 g/mol. The molecule has 4 N–H and O–H groups in total. The summed E-state index contributed by atoms with van der Waals surface area (Å²) in [6.45, 7) is 5.37. The predicted octanol–water partition coefficient (Wildman–Crippen LogP) is 2.81. The van der Waals surface area contributed by atoms with E-state index in [2.05, 4.69) is 29.0 Å². The van der Waals surface area contributed by atoms with Crippen molar-refractivity contribution >= 4 is 28.3 Å². The predicted molar refractivity (Wildman–Crippen MR) is 154 cm³/mol. The number of nitrogens with one attached hydrogen (secondary N) is 3. The Morgan fingerprint density at radius 3 is 2.76 bits per heavy atom. The van der Waals surface area contributed by atoms with Crippen molar-refractivity contribution in [3.63, 3.8) is 0 Å². The minimum Gasteiger partial charge on any atom is -0.595 e. The molecule has 2 aromatic heterocycles. The van der Waals surface area contributed by atoms with Crippen molar-refractivity contribution in [3.05, 3.63) is 93.3 Å². The van der Waals surface area contributed by atoms with Gasteiger partial charge in [0, 0.05) is 54.6 Å². The van der Waals surface area contributed by atoms with Crippen LogP contribution in [0.2, 0.25) is 0 Å². The number of carbonyl (C=O) groups is 1. The van der Waals surface area contributed by atoms with Crippen LogP contribution in [0.4, 0.5) is 11.4 Å². The first-order chi connectivity index (χ1) is 19.8. The molecule has 6 atom stereocenters. The summed E-state index contributed by atoms with van der Waals surface area (Å²) in [7, 11) is 0. The fraction of sp³-hybridized carbons (Fsp3) is 0.387. The lowest BCUT2D eigenvalue weighted by Gasteiger charge is -2.54. The number of aromatic amines is 1. The molecule has 41 heavy (non-hydrogen) atoms. The Morgan fingerprint density at radius 2 is 1.98 bits per heavy atom. The second-order valence-corrected chi connectivity index (χ2v) is 12.1. The van der Waals surface area contributed by atoms with Crippen LogP contribution in [0.3, 0.4) is 0 Å². The highest BCUT2D eigenvalue weighted by molar-refractivity contribution is 5.83. The lowest BCUT2D eigenvalue weighted by molar-refractivity contribution is -0.991. The zero-order valence-electron chi connectivity index (χ0n) is 23.1. The average molecular weight is 555 g/mol. The quantitative estimate of drug-likeness (QED) is 0.281. The molecule has 0 radical (unpaired) electrons. The van der Waals surface area contributed by atoms with Crippen molar-refractivity contribution < 1.29 is 15.2 Å². The van der Waals surface area contributed by atoms with Gasteiger partial charge < -0.3 is 25.0 Å². The maximum Gasteiger partial charge on any atom is 0.250 e. The van der Waals surface area contributed by atoms with E-state index in [-0.39, 0.29) is 47.0 Å². The minimum absolute atomic E-state index is 0.00119. The number of fused-ring (bicyclic) bond motifs is 9. The van der Waals surface area contributed by atoms with Crippen LogP contribution in [0.15, 0.2) is 65.5 Å². The molecule has 1 saturated heterocycles. The summed E-state index contributed by atoms with van der Waals surface area (Å²) in [4.78, 5) is 37.6. The molecule has 10 heteroatoms. The maximum atomic E-state index is 14.3. The Morgan fingerprint density at radius 1 is 1.15 bits per heavy atom. The molecule has 1 amide bonds. The number of aromatic nitrogens is 3. The van der Waals surface area contributed by atoms with E-state index in [9.17, 15) is 20.0 Å². The van der Waals surface area contributed by atoms with Crippen LogP contribution < -0.4 is 21.0 Å². The largest absolute Gasteiger partial charge is 0.595 e. The zero-order chi connectivity index (χ0) is 28.4. The molecule has 3 aliphatic rings. The van der Waals surface area contributed by atoms with Gasteiger partial charge in [0.15, 0.2) is 5.69 Å². The second-order valence-electron chi connectivity index (χ2n) is 12.1. The van der Waals surface area contributed by atoms with Crippen molar-refractivity contribution in [1.82, 2.24) is 19.9 Å². The third kappa shape index (κ3) is 4.34. The lowest BCUT2D eigenvalue weighted by atomic mass is 9.70. The number of imidazole rings is 1. The molecule has 0 aliphatic carbocycles. The Balaban J connectivity index is 1.27. The molecule has 6 unspecified atom stereocenters. The van der Waals surface area contributed by atoms with E-state index in [0.717, 1.165) is 40.2 Å². The van der Waals surface area contributed by atoms with Gasteiger partial charge in [0.2, 0.25) is 5.91 Å². The Bertz CT molecular complexity index is 1660.